The molecule has 1 N–H and O–H groups in total. The molecule has 118 valence electrons. The van der Waals surface area contributed by atoms with Gasteiger partial charge in [-0.3, -0.25) is 4.68 Å². The van der Waals surface area contributed by atoms with E-state index in [0.717, 1.165) is 23.8 Å². The summed E-state index contributed by atoms with van der Waals surface area (Å²) in [7, 11) is 3.87. The van der Waals surface area contributed by atoms with E-state index in [-0.39, 0.29) is 5.82 Å². The third-order valence-corrected chi connectivity index (χ3v) is 3.34. The van der Waals surface area contributed by atoms with Crippen molar-refractivity contribution in [1.82, 2.24) is 20.0 Å². The predicted molar refractivity (Wildman–Crippen MR) is 85.9 cm³/mol. The van der Waals surface area contributed by atoms with Gasteiger partial charge in [0.25, 0.3) is 0 Å². The van der Waals surface area contributed by atoms with Crippen LogP contribution in [0, 0.1) is 5.82 Å². The Kier molecular flexibility index (Phi) is 5.52. The molecule has 2 aromatic rings. The molecule has 0 unspecified atom stereocenters. The Morgan fingerprint density at radius 3 is 2.64 bits per heavy atom. The summed E-state index contributed by atoms with van der Waals surface area (Å²) in [6, 6.07) is 8.48. The van der Waals surface area contributed by atoms with E-state index in [0.29, 0.717) is 13.1 Å². The zero-order valence-electron chi connectivity index (χ0n) is 13.3. The molecule has 0 aliphatic carbocycles. The van der Waals surface area contributed by atoms with Crippen molar-refractivity contribution in [2.75, 3.05) is 13.6 Å². The Balaban J connectivity index is 2.05. The summed E-state index contributed by atoms with van der Waals surface area (Å²) < 4.78 is 14.8. The maximum atomic E-state index is 13.0. The molecule has 1 aromatic heterocycles. The van der Waals surface area contributed by atoms with Gasteiger partial charge in [0.2, 0.25) is 0 Å². The van der Waals surface area contributed by atoms with E-state index in [1.165, 1.54) is 12.1 Å². The normalized spacial score (nSPS) is 11.5. The number of aliphatic imine (C=N–C) groups is 1. The molecule has 0 atom stereocenters. The lowest BCUT2D eigenvalue weighted by Gasteiger charge is -2.22. The van der Waals surface area contributed by atoms with Gasteiger partial charge < -0.3 is 10.2 Å². The Hall–Kier alpha value is -2.37. The van der Waals surface area contributed by atoms with Gasteiger partial charge in [0.15, 0.2) is 5.96 Å². The number of benzene rings is 1. The molecule has 1 heterocycles. The van der Waals surface area contributed by atoms with Crippen LogP contribution in [0.3, 0.4) is 0 Å². The van der Waals surface area contributed by atoms with Gasteiger partial charge >= 0.3 is 0 Å². The van der Waals surface area contributed by atoms with Gasteiger partial charge in [0.1, 0.15) is 5.82 Å². The smallest absolute Gasteiger partial charge is 0.194 e. The molecule has 0 radical (unpaired) electrons. The molecule has 0 amide bonds. The van der Waals surface area contributed by atoms with Crippen LogP contribution in [-0.2, 0) is 20.1 Å². The summed E-state index contributed by atoms with van der Waals surface area (Å²) in [5.41, 5.74) is 2.08. The third-order valence-electron chi connectivity index (χ3n) is 3.34. The predicted octanol–water partition coefficient (Wildman–Crippen LogP) is 2.16. The lowest BCUT2D eigenvalue weighted by atomic mass is 10.2. The average molecular weight is 303 g/mol. The van der Waals surface area contributed by atoms with Crippen LogP contribution in [0.25, 0.3) is 0 Å². The fourth-order valence-corrected chi connectivity index (χ4v) is 2.12. The zero-order valence-corrected chi connectivity index (χ0v) is 13.3. The van der Waals surface area contributed by atoms with Crippen LogP contribution in [-0.4, -0.2) is 34.2 Å². The van der Waals surface area contributed by atoms with Crippen LogP contribution < -0.4 is 5.32 Å². The van der Waals surface area contributed by atoms with Crippen molar-refractivity contribution in [2.24, 2.45) is 12.0 Å². The Labute approximate surface area is 130 Å². The fourth-order valence-electron chi connectivity index (χ4n) is 2.12. The van der Waals surface area contributed by atoms with E-state index >= 15 is 0 Å². The monoisotopic (exact) mass is 303 g/mol. The summed E-state index contributed by atoms with van der Waals surface area (Å²) in [5.74, 6) is 0.594. The lowest BCUT2D eigenvalue weighted by Crippen LogP contribution is -2.38. The Morgan fingerprint density at radius 2 is 2.05 bits per heavy atom. The summed E-state index contributed by atoms with van der Waals surface area (Å²) in [6.07, 6.45) is 1.76. The van der Waals surface area contributed by atoms with Crippen LogP contribution >= 0.6 is 0 Å². The molecule has 0 fully saturated rings. The van der Waals surface area contributed by atoms with Gasteiger partial charge in [0, 0.05) is 33.4 Å². The Morgan fingerprint density at radius 1 is 1.32 bits per heavy atom. The molecule has 0 bridgehead atoms. The summed E-state index contributed by atoms with van der Waals surface area (Å²) in [6.45, 7) is 4.05. The standard InChI is InChI=1S/C16H22FN5/c1-4-18-16(19-11-15-9-10-20-22(15)3)21(2)12-13-5-7-14(17)8-6-13/h5-10H,4,11-12H2,1-3H3,(H,18,19). The van der Waals surface area contributed by atoms with Gasteiger partial charge in [-0.2, -0.15) is 5.10 Å². The van der Waals surface area contributed by atoms with Crippen molar-refractivity contribution < 1.29 is 4.39 Å². The number of nitrogens with zero attached hydrogens (tertiary/aromatic N) is 4. The highest BCUT2D eigenvalue weighted by atomic mass is 19.1. The number of guanidine groups is 1. The van der Waals surface area contributed by atoms with Crippen molar-refractivity contribution in [3.05, 3.63) is 53.6 Å². The van der Waals surface area contributed by atoms with Crippen LogP contribution in [0.15, 0.2) is 41.5 Å². The molecule has 0 aliphatic heterocycles. The van der Waals surface area contributed by atoms with E-state index in [1.807, 2.05) is 36.7 Å². The van der Waals surface area contributed by atoms with Crippen molar-refractivity contribution >= 4 is 5.96 Å². The second-order valence-corrected chi connectivity index (χ2v) is 5.10. The molecular weight excluding hydrogens is 281 g/mol. The van der Waals surface area contributed by atoms with E-state index in [2.05, 4.69) is 15.4 Å². The van der Waals surface area contributed by atoms with Crippen LogP contribution in [0.4, 0.5) is 4.39 Å². The topological polar surface area (TPSA) is 45.5 Å². The number of hydrogen-bond acceptors (Lipinski definition) is 2. The van der Waals surface area contributed by atoms with Crippen molar-refractivity contribution in [1.29, 1.82) is 0 Å². The maximum absolute atomic E-state index is 13.0. The molecule has 0 saturated heterocycles. The quantitative estimate of drug-likeness (QED) is 0.680. The molecule has 2 rings (SSSR count). The van der Waals surface area contributed by atoms with E-state index < -0.39 is 0 Å². The Bertz CT molecular complexity index is 618. The fraction of sp³-hybridized carbons (Fsp3) is 0.375. The summed E-state index contributed by atoms with van der Waals surface area (Å²) in [4.78, 5) is 6.65. The SMILES string of the molecule is CCNC(=NCc1ccnn1C)N(C)Cc1ccc(F)cc1. The van der Waals surface area contributed by atoms with Gasteiger partial charge in [-0.15, -0.1) is 0 Å². The number of hydrogen-bond donors (Lipinski definition) is 1. The first kappa shape index (κ1) is 16.0. The first-order valence-electron chi connectivity index (χ1n) is 7.31. The molecule has 0 spiro atoms. The van der Waals surface area contributed by atoms with Gasteiger partial charge in [-0.1, -0.05) is 12.1 Å². The lowest BCUT2D eigenvalue weighted by molar-refractivity contribution is 0.475. The first-order valence-corrected chi connectivity index (χ1v) is 7.31. The molecule has 0 saturated carbocycles. The van der Waals surface area contributed by atoms with Gasteiger partial charge in [-0.25, -0.2) is 9.38 Å². The highest BCUT2D eigenvalue weighted by Gasteiger charge is 2.07. The van der Waals surface area contributed by atoms with Crippen LogP contribution in [0.5, 0.6) is 0 Å². The molecular formula is C16H22FN5. The molecule has 22 heavy (non-hydrogen) atoms. The number of rotatable bonds is 5. The summed E-state index contributed by atoms with van der Waals surface area (Å²) >= 11 is 0. The molecule has 5 nitrogen and oxygen atoms in total. The number of aromatic nitrogens is 2. The zero-order chi connectivity index (χ0) is 15.9. The molecule has 6 heteroatoms. The molecule has 0 aliphatic rings. The number of aryl methyl sites for hydroxylation is 1. The average Bonchev–Trinajstić information content (AvgIpc) is 2.91. The van der Waals surface area contributed by atoms with Gasteiger partial charge in [0.05, 0.1) is 12.2 Å². The second kappa shape index (κ2) is 7.59. The van der Waals surface area contributed by atoms with Crippen LogP contribution in [0.1, 0.15) is 18.2 Å². The minimum absolute atomic E-state index is 0.219. The van der Waals surface area contributed by atoms with Crippen molar-refractivity contribution in [3.63, 3.8) is 0 Å². The number of halogens is 1. The van der Waals surface area contributed by atoms with Crippen molar-refractivity contribution in [2.45, 2.75) is 20.0 Å². The van der Waals surface area contributed by atoms with Crippen molar-refractivity contribution in [3.8, 4) is 0 Å². The number of nitrogens with one attached hydrogen (secondary N) is 1. The largest absolute Gasteiger partial charge is 0.357 e. The van der Waals surface area contributed by atoms with E-state index in [9.17, 15) is 4.39 Å². The summed E-state index contributed by atoms with van der Waals surface area (Å²) in [5, 5.41) is 7.41. The van der Waals surface area contributed by atoms with Gasteiger partial charge in [-0.05, 0) is 30.7 Å². The highest BCUT2D eigenvalue weighted by Crippen LogP contribution is 2.06. The minimum atomic E-state index is -0.219. The minimum Gasteiger partial charge on any atom is -0.357 e. The molecule has 1 aromatic carbocycles. The van der Waals surface area contributed by atoms with E-state index in [4.69, 9.17) is 0 Å². The van der Waals surface area contributed by atoms with Crippen LogP contribution in [0.2, 0.25) is 0 Å². The first-order chi connectivity index (χ1) is 10.6. The highest BCUT2D eigenvalue weighted by molar-refractivity contribution is 5.79. The third kappa shape index (κ3) is 4.31. The van der Waals surface area contributed by atoms with E-state index in [1.54, 1.807) is 18.3 Å². The maximum Gasteiger partial charge on any atom is 0.194 e. The second-order valence-electron chi connectivity index (χ2n) is 5.10.